The second-order valence-electron chi connectivity index (χ2n) is 4.26. The van der Waals surface area contributed by atoms with Crippen molar-refractivity contribution in [2.75, 3.05) is 0 Å². The van der Waals surface area contributed by atoms with Gasteiger partial charge in [-0.2, -0.15) is 13.2 Å². The summed E-state index contributed by atoms with van der Waals surface area (Å²) in [5.41, 5.74) is 5.65. The summed E-state index contributed by atoms with van der Waals surface area (Å²) in [7, 11) is 0. The number of carbonyl (C=O) groups is 2. The molecule has 0 aromatic rings. The molecule has 108 valence electrons. The lowest BCUT2D eigenvalue weighted by Crippen LogP contribution is -2.31. The lowest BCUT2D eigenvalue weighted by atomic mass is 9.99. The quantitative estimate of drug-likeness (QED) is 0.804. The predicted molar refractivity (Wildman–Crippen MR) is 61.0 cm³/mol. The van der Waals surface area contributed by atoms with E-state index in [0.29, 0.717) is 12.3 Å². The van der Waals surface area contributed by atoms with Gasteiger partial charge >= 0.3 is 12.1 Å². The van der Waals surface area contributed by atoms with Crippen LogP contribution >= 0.6 is 0 Å². The summed E-state index contributed by atoms with van der Waals surface area (Å²) < 4.78 is 31.7. The maximum absolute atomic E-state index is 11.2. The van der Waals surface area contributed by atoms with Crippen molar-refractivity contribution in [1.82, 2.24) is 0 Å². The highest BCUT2D eigenvalue weighted by molar-refractivity contribution is 5.83. The Hall–Kier alpha value is -1.11. The first-order valence-corrected chi connectivity index (χ1v) is 5.60. The molecule has 0 aliphatic carbocycles. The molecule has 0 aliphatic heterocycles. The van der Waals surface area contributed by atoms with Crippen LogP contribution in [-0.4, -0.2) is 29.1 Å². The molecule has 0 amide bonds. The van der Waals surface area contributed by atoms with Crippen LogP contribution in [0.4, 0.5) is 13.2 Å². The lowest BCUT2D eigenvalue weighted by Gasteiger charge is -2.11. The van der Waals surface area contributed by atoms with E-state index in [1.54, 1.807) is 0 Å². The molecular weight excluding hydrogens is 251 g/mol. The number of hydrogen-bond donors (Lipinski definition) is 2. The number of alkyl halides is 3. The molecule has 18 heavy (non-hydrogen) atoms. The van der Waals surface area contributed by atoms with Gasteiger partial charge in [0.1, 0.15) is 5.78 Å². The summed E-state index contributed by atoms with van der Waals surface area (Å²) in [5, 5.41) is 7.12. The summed E-state index contributed by atoms with van der Waals surface area (Å²) in [4.78, 5) is 20.0. The van der Waals surface area contributed by atoms with E-state index in [1.165, 1.54) is 0 Å². The molecule has 0 saturated carbocycles. The monoisotopic (exact) mass is 271 g/mol. The Morgan fingerprint density at radius 2 is 1.67 bits per heavy atom. The minimum absolute atomic E-state index is 0.209. The van der Waals surface area contributed by atoms with Gasteiger partial charge in [-0.3, -0.25) is 4.79 Å². The van der Waals surface area contributed by atoms with Crippen molar-refractivity contribution in [2.24, 2.45) is 11.7 Å². The Bertz CT molecular complexity index is 265. The van der Waals surface area contributed by atoms with Crippen molar-refractivity contribution >= 4 is 11.8 Å². The third-order valence-corrected chi connectivity index (χ3v) is 1.88. The van der Waals surface area contributed by atoms with Crippen LogP contribution in [-0.2, 0) is 9.59 Å². The Kier molecular flexibility index (Phi) is 9.52. The highest BCUT2D eigenvalue weighted by Gasteiger charge is 2.38. The Morgan fingerprint density at radius 3 is 1.89 bits per heavy atom. The van der Waals surface area contributed by atoms with Crippen molar-refractivity contribution in [3.8, 4) is 0 Å². The van der Waals surface area contributed by atoms with Crippen molar-refractivity contribution in [2.45, 2.75) is 52.3 Å². The number of ketones is 1. The largest absolute Gasteiger partial charge is 0.490 e. The molecule has 1 atom stereocenters. The van der Waals surface area contributed by atoms with Crippen LogP contribution in [0.25, 0.3) is 0 Å². The fourth-order valence-corrected chi connectivity index (χ4v) is 1.07. The highest BCUT2D eigenvalue weighted by Crippen LogP contribution is 2.13. The van der Waals surface area contributed by atoms with Crippen LogP contribution in [0.1, 0.15) is 40.0 Å². The Morgan fingerprint density at radius 1 is 1.28 bits per heavy atom. The van der Waals surface area contributed by atoms with Crippen LogP contribution in [0.2, 0.25) is 0 Å². The molecule has 0 spiro atoms. The SMILES string of the molecule is CCCC(=O)[C@@H](N)CC(C)C.O=C(O)C(F)(F)F. The third-order valence-electron chi connectivity index (χ3n) is 1.88. The fourth-order valence-electron chi connectivity index (χ4n) is 1.07. The molecule has 4 nitrogen and oxygen atoms in total. The van der Waals surface area contributed by atoms with E-state index in [9.17, 15) is 18.0 Å². The number of hydrogen-bond acceptors (Lipinski definition) is 3. The standard InChI is InChI=1S/C9H19NO.C2HF3O2/c1-4-5-9(11)8(10)6-7(2)3;3-2(4,5)1(6)7/h7-8H,4-6,10H2,1-3H3;(H,6,7)/t8-;/m0./s1. The molecule has 3 N–H and O–H groups in total. The second-order valence-corrected chi connectivity index (χ2v) is 4.26. The van der Waals surface area contributed by atoms with Crippen LogP contribution in [0, 0.1) is 5.92 Å². The molecular formula is C11H20F3NO3. The number of carbonyl (C=O) groups excluding carboxylic acids is 1. The molecule has 0 bridgehead atoms. The van der Waals surface area contributed by atoms with Crippen molar-refractivity contribution in [1.29, 1.82) is 0 Å². The average Bonchev–Trinajstić information content (AvgIpc) is 2.16. The minimum atomic E-state index is -5.08. The maximum atomic E-state index is 11.2. The van der Waals surface area contributed by atoms with E-state index in [4.69, 9.17) is 15.6 Å². The lowest BCUT2D eigenvalue weighted by molar-refractivity contribution is -0.192. The van der Waals surface area contributed by atoms with E-state index in [1.807, 2.05) is 6.92 Å². The molecule has 0 rings (SSSR count). The van der Waals surface area contributed by atoms with E-state index < -0.39 is 12.1 Å². The topological polar surface area (TPSA) is 80.4 Å². The molecule has 0 heterocycles. The molecule has 0 saturated heterocycles. The molecule has 0 aliphatic rings. The predicted octanol–water partition coefficient (Wildman–Crippen LogP) is 2.36. The zero-order valence-corrected chi connectivity index (χ0v) is 10.8. The number of carboxylic acid groups (broad SMARTS) is 1. The smallest absolute Gasteiger partial charge is 0.475 e. The number of halogens is 3. The van der Waals surface area contributed by atoms with Gasteiger partial charge in [0.2, 0.25) is 0 Å². The van der Waals surface area contributed by atoms with Gasteiger partial charge < -0.3 is 10.8 Å². The average molecular weight is 271 g/mol. The third kappa shape index (κ3) is 11.4. The van der Waals surface area contributed by atoms with Gasteiger partial charge in [-0.1, -0.05) is 20.8 Å². The van der Waals surface area contributed by atoms with Gasteiger partial charge in [-0.05, 0) is 18.8 Å². The summed E-state index contributed by atoms with van der Waals surface area (Å²) in [6.07, 6.45) is -2.72. The number of Topliss-reactive ketones (excluding diaryl/α,β-unsaturated/α-hetero) is 1. The van der Waals surface area contributed by atoms with Gasteiger partial charge in [0.25, 0.3) is 0 Å². The maximum Gasteiger partial charge on any atom is 0.490 e. The second kappa shape index (κ2) is 8.91. The number of carboxylic acids is 1. The first kappa shape index (κ1) is 19.2. The Balaban J connectivity index is 0. The summed E-state index contributed by atoms with van der Waals surface area (Å²) in [5.74, 6) is -2.03. The van der Waals surface area contributed by atoms with Crippen molar-refractivity contribution < 1.29 is 27.9 Å². The van der Waals surface area contributed by atoms with Crippen LogP contribution < -0.4 is 5.73 Å². The normalized spacial score (nSPS) is 12.7. The molecule has 0 aromatic heterocycles. The van der Waals surface area contributed by atoms with E-state index in [-0.39, 0.29) is 11.8 Å². The van der Waals surface area contributed by atoms with Gasteiger partial charge in [0.15, 0.2) is 0 Å². The molecule has 0 fully saturated rings. The fraction of sp³-hybridized carbons (Fsp3) is 0.818. The van der Waals surface area contributed by atoms with Crippen LogP contribution in [0.5, 0.6) is 0 Å². The summed E-state index contributed by atoms with van der Waals surface area (Å²) >= 11 is 0. The Labute approximate surface area is 104 Å². The molecule has 0 aromatic carbocycles. The van der Waals surface area contributed by atoms with Gasteiger partial charge in [0, 0.05) is 6.42 Å². The zero-order valence-electron chi connectivity index (χ0n) is 10.8. The zero-order chi connectivity index (χ0) is 14.9. The first-order valence-electron chi connectivity index (χ1n) is 5.60. The first-order chi connectivity index (χ1) is 8.02. The highest BCUT2D eigenvalue weighted by atomic mass is 19.4. The minimum Gasteiger partial charge on any atom is -0.475 e. The van der Waals surface area contributed by atoms with Crippen LogP contribution in [0.3, 0.4) is 0 Å². The van der Waals surface area contributed by atoms with E-state index >= 15 is 0 Å². The molecule has 7 heteroatoms. The van der Waals surface area contributed by atoms with Crippen molar-refractivity contribution in [3.63, 3.8) is 0 Å². The number of aliphatic carboxylic acids is 1. The van der Waals surface area contributed by atoms with E-state index in [0.717, 1.165) is 12.8 Å². The van der Waals surface area contributed by atoms with Crippen molar-refractivity contribution in [3.05, 3.63) is 0 Å². The number of nitrogens with two attached hydrogens (primary N) is 1. The van der Waals surface area contributed by atoms with Gasteiger partial charge in [-0.25, -0.2) is 4.79 Å². The van der Waals surface area contributed by atoms with Gasteiger partial charge in [0.05, 0.1) is 6.04 Å². The molecule has 0 radical (unpaired) electrons. The summed E-state index contributed by atoms with van der Waals surface area (Å²) in [6, 6.07) is -0.227. The van der Waals surface area contributed by atoms with Gasteiger partial charge in [-0.15, -0.1) is 0 Å². The molecule has 0 unspecified atom stereocenters. The summed E-state index contributed by atoms with van der Waals surface area (Å²) in [6.45, 7) is 6.16. The van der Waals surface area contributed by atoms with E-state index in [2.05, 4.69) is 13.8 Å². The van der Waals surface area contributed by atoms with Crippen LogP contribution in [0.15, 0.2) is 0 Å². The number of rotatable bonds is 5.